The van der Waals surface area contributed by atoms with Crippen LogP contribution in [0.25, 0.3) is 0 Å². The molecule has 2 amide bonds. The second-order valence-corrected chi connectivity index (χ2v) is 9.43. The van der Waals surface area contributed by atoms with E-state index in [1.54, 1.807) is 15.9 Å². The molecule has 0 unspecified atom stereocenters. The standard InChI is InChI=1S/C19H25N3O4S/c23-18-5-2-8-21(18)14-19(24)20-9-11-22(12-10-20)27(25,26)17-7-6-15-3-1-4-16(15)13-17/h6-7,13H,1-5,8-12,14H2. The molecule has 1 aliphatic carbocycles. The summed E-state index contributed by atoms with van der Waals surface area (Å²) in [5.74, 6) is -0.0685. The summed E-state index contributed by atoms with van der Waals surface area (Å²) in [7, 11) is -3.53. The highest BCUT2D eigenvalue weighted by atomic mass is 32.2. The maximum Gasteiger partial charge on any atom is 0.243 e. The van der Waals surface area contributed by atoms with Gasteiger partial charge in [0, 0.05) is 39.1 Å². The number of aryl methyl sites for hydroxylation is 2. The SMILES string of the molecule is O=C(CN1CCCC1=O)N1CCN(S(=O)(=O)c2ccc3c(c2)CCC3)CC1. The van der Waals surface area contributed by atoms with Gasteiger partial charge in [-0.05, 0) is 48.9 Å². The number of likely N-dealkylation sites (tertiary alicyclic amines) is 1. The highest BCUT2D eigenvalue weighted by Crippen LogP contribution is 2.26. The number of nitrogens with zero attached hydrogens (tertiary/aromatic N) is 3. The Hall–Kier alpha value is -1.93. The van der Waals surface area contributed by atoms with Crippen molar-refractivity contribution >= 4 is 21.8 Å². The summed E-state index contributed by atoms with van der Waals surface area (Å²) in [6, 6.07) is 5.45. The van der Waals surface area contributed by atoms with Gasteiger partial charge in [0.25, 0.3) is 0 Å². The molecule has 0 N–H and O–H groups in total. The van der Waals surface area contributed by atoms with Gasteiger partial charge in [-0.1, -0.05) is 6.07 Å². The van der Waals surface area contributed by atoms with Gasteiger partial charge < -0.3 is 9.80 Å². The van der Waals surface area contributed by atoms with Gasteiger partial charge in [-0.15, -0.1) is 0 Å². The van der Waals surface area contributed by atoms with Crippen molar-refractivity contribution in [2.24, 2.45) is 0 Å². The molecule has 0 atom stereocenters. The Kier molecular flexibility index (Phi) is 4.94. The number of piperazine rings is 1. The first-order chi connectivity index (χ1) is 12.9. The van der Waals surface area contributed by atoms with Crippen LogP contribution in [-0.4, -0.2) is 73.6 Å². The van der Waals surface area contributed by atoms with Crippen molar-refractivity contribution < 1.29 is 18.0 Å². The Bertz CT molecular complexity index is 860. The number of hydrogen-bond acceptors (Lipinski definition) is 4. The van der Waals surface area contributed by atoms with Gasteiger partial charge in [-0.2, -0.15) is 4.31 Å². The highest BCUT2D eigenvalue weighted by Gasteiger charge is 2.32. The molecule has 2 fully saturated rings. The average Bonchev–Trinajstić information content (AvgIpc) is 3.30. The molecule has 1 aromatic carbocycles. The molecule has 0 spiro atoms. The van der Waals surface area contributed by atoms with Gasteiger partial charge >= 0.3 is 0 Å². The van der Waals surface area contributed by atoms with Crippen LogP contribution in [0.15, 0.2) is 23.1 Å². The zero-order chi connectivity index (χ0) is 19.0. The van der Waals surface area contributed by atoms with Crippen LogP contribution in [0, 0.1) is 0 Å². The minimum absolute atomic E-state index is 0.0289. The number of carbonyl (C=O) groups is 2. The summed E-state index contributed by atoms with van der Waals surface area (Å²) in [5.41, 5.74) is 2.39. The summed E-state index contributed by atoms with van der Waals surface area (Å²) in [5, 5.41) is 0. The van der Waals surface area contributed by atoms with E-state index in [1.165, 1.54) is 9.87 Å². The van der Waals surface area contributed by atoms with Crippen molar-refractivity contribution in [2.45, 2.75) is 37.0 Å². The van der Waals surface area contributed by atoms with Gasteiger partial charge in [-0.25, -0.2) is 8.42 Å². The van der Waals surface area contributed by atoms with Crippen LogP contribution in [0.2, 0.25) is 0 Å². The molecule has 2 heterocycles. The molecule has 8 heteroatoms. The minimum atomic E-state index is -3.53. The molecule has 0 aromatic heterocycles. The van der Waals surface area contributed by atoms with E-state index in [2.05, 4.69) is 0 Å². The molecule has 7 nitrogen and oxygen atoms in total. The smallest absolute Gasteiger partial charge is 0.243 e. The van der Waals surface area contributed by atoms with Crippen molar-refractivity contribution in [3.05, 3.63) is 29.3 Å². The second-order valence-electron chi connectivity index (χ2n) is 7.49. The Morgan fingerprint density at radius 3 is 2.37 bits per heavy atom. The zero-order valence-corrected chi connectivity index (χ0v) is 16.2. The quantitative estimate of drug-likeness (QED) is 0.754. The first kappa shape index (κ1) is 18.4. The minimum Gasteiger partial charge on any atom is -0.339 e. The van der Waals surface area contributed by atoms with E-state index in [-0.39, 0.29) is 18.4 Å². The van der Waals surface area contributed by atoms with Crippen LogP contribution in [0.5, 0.6) is 0 Å². The Labute approximate surface area is 160 Å². The molecule has 146 valence electrons. The van der Waals surface area contributed by atoms with Gasteiger partial charge in [0.15, 0.2) is 0 Å². The van der Waals surface area contributed by atoms with E-state index in [0.29, 0.717) is 44.0 Å². The Morgan fingerprint density at radius 2 is 1.67 bits per heavy atom. The summed E-state index contributed by atoms with van der Waals surface area (Å²) in [4.78, 5) is 27.7. The molecule has 4 rings (SSSR count). The van der Waals surface area contributed by atoms with Crippen molar-refractivity contribution in [1.29, 1.82) is 0 Å². The summed E-state index contributed by atoms with van der Waals surface area (Å²) in [6.07, 6.45) is 4.37. The summed E-state index contributed by atoms with van der Waals surface area (Å²) < 4.78 is 27.4. The van der Waals surface area contributed by atoms with Crippen LogP contribution in [0.1, 0.15) is 30.4 Å². The van der Waals surface area contributed by atoms with Crippen molar-refractivity contribution in [1.82, 2.24) is 14.1 Å². The second kappa shape index (κ2) is 7.24. The zero-order valence-electron chi connectivity index (χ0n) is 15.4. The molecule has 2 aliphatic heterocycles. The highest BCUT2D eigenvalue weighted by molar-refractivity contribution is 7.89. The van der Waals surface area contributed by atoms with E-state index in [4.69, 9.17) is 0 Å². The molecular formula is C19H25N3O4S. The molecule has 3 aliphatic rings. The lowest BCUT2D eigenvalue weighted by molar-refractivity contribution is -0.139. The van der Waals surface area contributed by atoms with Gasteiger partial charge in [-0.3, -0.25) is 9.59 Å². The Balaban J connectivity index is 1.38. The van der Waals surface area contributed by atoms with Gasteiger partial charge in [0.2, 0.25) is 21.8 Å². The number of sulfonamides is 1. The number of rotatable bonds is 4. The third kappa shape index (κ3) is 3.60. The number of fused-ring (bicyclic) bond motifs is 1. The van der Waals surface area contributed by atoms with E-state index >= 15 is 0 Å². The van der Waals surface area contributed by atoms with E-state index in [1.807, 2.05) is 12.1 Å². The lowest BCUT2D eigenvalue weighted by Crippen LogP contribution is -2.52. The van der Waals surface area contributed by atoms with Crippen molar-refractivity contribution in [3.8, 4) is 0 Å². The van der Waals surface area contributed by atoms with Crippen molar-refractivity contribution in [2.75, 3.05) is 39.3 Å². The van der Waals surface area contributed by atoms with Gasteiger partial charge in [0.05, 0.1) is 11.4 Å². The fraction of sp³-hybridized carbons (Fsp3) is 0.579. The summed E-state index contributed by atoms with van der Waals surface area (Å²) in [6.45, 7) is 2.06. The molecule has 27 heavy (non-hydrogen) atoms. The van der Waals surface area contributed by atoms with Gasteiger partial charge in [0.1, 0.15) is 0 Å². The number of carbonyl (C=O) groups excluding carboxylic acids is 2. The lowest BCUT2D eigenvalue weighted by atomic mass is 10.1. The van der Waals surface area contributed by atoms with Crippen molar-refractivity contribution in [3.63, 3.8) is 0 Å². The molecule has 2 saturated heterocycles. The first-order valence-corrected chi connectivity index (χ1v) is 11.1. The molecular weight excluding hydrogens is 366 g/mol. The monoisotopic (exact) mass is 391 g/mol. The fourth-order valence-electron chi connectivity index (χ4n) is 4.17. The number of amides is 2. The topological polar surface area (TPSA) is 78.0 Å². The third-order valence-electron chi connectivity index (χ3n) is 5.80. The predicted octanol–water partition coefficient (Wildman–Crippen LogP) is 0.631. The average molecular weight is 391 g/mol. The normalized spacial score (nSPS) is 21.0. The van der Waals surface area contributed by atoms with E-state index < -0.39 is 10.0 Å². The molecule has 0 radical (unpaired) electrons. The summed E-state index contributed by atoms with van der Waals surface area (Å²) >= 11 is 0. The molecule has 0 bridgehead atoms. The van der Waals surface area contributed by atoms with E-state index in [9.17, 15) is 18.0 Å². The third-order valence-corrected chi connectivity index (χ3v) is 7.69. The lowest BCUT2D eigenvalue weighted by Gasteiger charge is -2.34. The van der Waals surface area contributed by atoms with E-state index in [0.717, 1.165) is 31.2 Å². The number of hydrogen-bond donors (Lipinski definition) is 0. The Morgan fingerprint density at radius 1 is 0.926 bits per heavy atom. The van der Waals surface area contributed by atoms with Crippen LogP contribution in [0.4, 0.5) is 0 Å². The molecule has 0 saturated carbocycles. The van der Waals surface area contributed by atoms with Crippen LogP contribution >= 0.6 is 0 Å². The number of benzene rings is 1. The van der Waals surface area contributed by atoms with Crippen LogP contribution in [-0.2, 0) is 32.5 Å². The maximum absolute atomic E-state index is 13.0. The maximum atomic E-state index is 13.0. The van der Waals surface area contributed by atoms with Crippen LogP contribution < -0.4 is 0 Å². The largest absolute Gasteiger partial charge is 0.339 e. The fourth-order valence-corrected chi connectivity index (χ4v) is 5.64. The predicted molar refractivity (Wildman–Crippen MR) is 99.6 cm³/mol. The molecule has 1 aromatic rings. The van der Waals surface area contributed by atoms with Crippen LogP contribution in [0.3, 0.4) is 0 Å². The first-order valence-electron chi connectivity index (χ1n) is 9.63.